The summed E-state index contributed by atoms with van der Waals surface area (Å²) in [6.07, 6.45) is 0.0473. The summed E-state index contributed by atoms with van der Waals surface area (Å²) >= 11 is 0. The minimum Gasteiger partial charge on any atom is -0.313 e. The van der Waals surface area contributed by atoms with E-state index in [0.717, 1.165) is 32.2 Å². The van der Waals surface area contributed by atoms with Gasteiger partial charge in [-0.05, 0) is 55.8 Å². The SMILES string of the molecule is FC(F)(F)CN1CCC(CNC2CCc3ccccc3C2)C1. The Hall–Kier alpha value is -1.07. The van der Waals surface area contributed by atoms with Crippen molar-refractivity contribution in [3.8, 4) is 0 Å². The molecule has 122 valence electrons. The second-order valence-corrected chi connectivity index (χ2v) is 6.62. The van der Waals surface area contributed by atoms with Gasteiger partial charge in [-0.15, -0.1) is 0 Å². The number of rotatable bonds is 4. The maximum absolute atomic E-state index is 12.4. The first-order valence-corrected chi connectivity index (χ1v) is 8.09. The lowest BCUT2D eigenvalue weighted by atomic mass is 9.88. The predicted octanol–water partition coefficient (Wildman–Crippen LogP) is 3.02. The molecule has 0 spiro atoms. The molecule has 0 amide bonds. The molecule has 22 heavy (non-hydrogen) atoms. The van der Waals surface area contributed by atoms with E-state index in [0.29, 0.717) is 25.0 Å². The van der Waals surface area contributed by atoms with Crippen LogP contribution < -0.4 is 5.32 Å². The number of fused-ring (bicyclic) bond motifs is 1. The Labute approximate surface area is 129 Å². The van der Waals surface area contributed by atoms with Crippen LogP contribution in [0.3, 0.4) is 0 Å². The van der Waals surface area contributed by atoms with E-state index < -0.39 is 12.7 Å². The van der Waals surface area contributed by atoms with Crippen molar-refractivity contribution >= 4 is 0 Å². The summed E-state index contributed by atoms with van der Waals surface area (Å²) in [5, 5.41) is 3.58. The van der Waals surface area contributed by atoms with Gasteiger partial charge in [-0.3, -0.25) is 4.90 Å². The molecule has 1 fully saturated rings. The zero-order chi connectivity index (χ0) is 15.6. The molecule has 5 heteroatoms. The number of alkyl halides is 3. The summed E-state index contributed by atoms with van der Waals surface area (Å²) < 4.78 is 37.2. The van der Waals surface area contributed by atoms with E-state index >= 15 is 0 Å². The zero-order valence-electron chi connectivity index (χ0n) is 12.7. The molecule has 0 radical (unpaired) electrons. The predicted molar refractivity (Wildman–Crippen MR) is 80.9 cm³/mol. The molecular formula is C17H23F3N2. The van der Waals surface area contributed by atoms with Gasteiger partial charge in [0, 0.05) is 12.6 Å². The highest BCUT2D eigenvalue weighted by Gasteiger charge is 2.34. The third-order valence-corrected chi connectivity index (χ3v) is 4.81. The average molecular weight is 312 g/mol. The van der Waals surface area contributed by atoms with Crippen molar-refractivity contribution in [2.75, 3.05) is 26.2 Å². The van der Waals surface area contributed by atoms with E-state index in [1.165, 1.54) is 16.0 Å². The topological polar surface area (TPSA) is 15.3 Å². The van der Waals surface area contributed by atoms with Crippen LogP contribution >= 0.6 is 0 Å². The van der Waals surface area contributed by atoms with E-state index in [2.05, 4.69) is 29.6 Å². The van der Waals surface area contributed by atoms with Gasteiger partial charge in [0.2, 0.25) is 0 Å². The first-order chi connectivity index (χ1) is 10.5. The van der Waals surface area contributed by atoms with Crippen LogP contribution in [0.4, 0.5) is 13.2 Å². The smallest absolute Gasteiger partial charge is 0.313 e. The summed E-state index contributed by atoms with van der Waals surface area (Å²) in [4.78, 5) is 1.53. The minimum absolute atomic E-state index is 0.347. The average Bonchev–Trinajstić information content (AvgIpc) is 2.90. The molecule has 0 aromatic heterocycles. The number of aryl methyl sites for hydroxylation is 1. The molecule has 2 nitrogen and oxygen atoms in total. The fourth-order valence-electron chi connectivity index (χ4n) is 3.68. The first-order valence-electron chi connectivity index (χ1n) is 8.09. The van der Waals surface area contributed by atoms with E-state index in [9.17, 15) is 13.2 Å². The van der Waals surface area contributed by atoms with Crippen molar-refractivity contribution in [3.63, 3.8) is 0 Å². The summed E-state index contributed by atoms with van der Waals surface area (Å²) in [6, 6.07) is 9.00. The van der Waals surface area contributed by atoms with Crippen LogP contribution in [0.2, 0.25) is 0 Å². The van der Waals surface area contributed by atoms with Crippen molar-refractivity contribution in [1.82, 2.24) is 10.2 Å². The monoisotopic (exact) mass is 312 g/mol. The van der Waals surface area contributed by atoms with Crippen molar-refractivity contribution in [3.05, 3.63) is 35.4 Å². The van der Waals surface area contributed by atoms with Crippen LogP contribution in [0.1, 0.15) is 24.0 Å². The molecule has 1 aliphatic heterocycles. The van der Waals surface area contributed by atoms with Gasteiger partial charge >= 0.3 is 6.18 Å². The number of nitrogens with one attached hydrogen (secondary N) is 1. The highest BCUT2D eigenvalue weighted by Crippen LogP contribution is 2.24. The lowest BCUT2D eigenvalue weighted by Crippen LogP contribution is -2.38. The van der Waals surface area contributed by atoms with Crippen molar-refractivity contribution in [1.29, 1.82) is 0 Å². The van der Waals surface area contributed by atoms with E-state index in [1.54, 1.807) is 0 Å². The van der Waals surface area contributed by atoms with Gasteiger partial charge in [-0.2, -0.15) is 13.2 Å². The molecule has 1 heterocycles. The molecule has 0 bridgehead atoms. The van der Waals surface area contributed by atoms with Gasteiger partial charge in [0.1, 0.15) is 0 Å². The third-order valence-electron chi connectivity index (χ3n) is 4.81. The van der Waals surface area contributed by atoms with Crippen molar-refractivity contribution in [2.24, 2.45) is 5.92 Å². The van der Waals surface area contributed by atoms with Gasteiger partial charge in [-0.1, -0.05) is 24.3 Å². The van der Waals surface area contributed by atoms with Crippen LogP contribution in [-0.4, -0.2) is 43.3 Å². The Morgan fingerprint density at radius 3 is 2.68 bits per heavy atom. The zero-order valence-corrected chi connectivity index (χ0v) is 12.7. The molecule has 3 rings (SSSR count). The minimum atomic E-state index is -4.07. The van der Waals surface area contributed by atoms with Crippen LogP contribution in [0, 0.1) is 5.92 Å². The highest BCUT2D eigenvalue weighted by atomic mass is 19.4. The Morgan fingerprint density at radius 2 is 1.91 bits per heavy atom. The van der Waals surface area contributed by atoms with Crippen molar-refractivity contribution in [2.45, 2.75) is 37.9 Å². The van der Waals surface area contributed by atoms with Gasteiger partial charge in [0.15, 0.2) is 0 Å². The number of likely N-dealkylation sites (tertiary alicyclic amines) is 1. The quantitative estimate of drug-likeness (QED) is 0.919. The van der Waals surface area contributed by atoms with Crippen LogP contribution in [0.5, 0.6) is 0 Å². The van der Waals surface area contributed by atoms with Gasteiger partial charge in [-0.25, -0.2) is 0 Å². The number of hydrogen-bond acceptors (Lipinski definition) is 2. The second kappa shape index (κ2) is 6.59. The number of nitrogens with zero attached hydrogens (tertiary/aromatic N) is 1. The molecule has 2 aliphatic rings. The van der Waals surface area contributed by atoms with Crippen LogP contribution in [0.25, 0.3) is 0 Å². The van der Waals surface area contributed by atoms with E-state index in [4.69, 9.17) is 0 Å². The molecule has 2 atom stereocenters. The molecule has 1 aromatic carbocycles. The van der Waals surface area contributed by atoms with E-state index in [-0.39, 0.29) is 0 Å². The van der Waals surface area contributed by atoms with Crippen LogP contribution in [-0.2, 0) is 12.8 Å². The van der Waals surface area contributed by atoms with E-state index in [1.807, 2.05) is 0 Å². The number of hydrogen-bond donors (Lipinski definition) is 1. The maximum atomic E-state index is 12.4. The molecule has 1 aliphatic carbocycles. The van der Waals surface area contributed by atoms with Gasteiger partial charge < -0.3 is 5.32 Å². The van der Waals surface area contributed by atoms with Crippen LogP contribution in [0.15, 0.2) is 24.3 Å². The Balaban J connectivity index is 1.43. The number of benzene rings is 1. The molecule has 1 N–H and O–H groups in total. The standard InChI is InChI=1S/C17H23F3N2/c18-17(19,20)12-22-8-7-13(11-22)10-21-16-6-5-14-3-1-2-4-15(14)9-16/h1-4,13,16,21H,5-12H2. The first kappa shape index (κ1) is 15.8. The highest BCUT2D eigenvalue weighted by molar-refractivity contribution is 5.30. The number of halogens is 3. The second-order valence-electron chi connectivity index (χ2n) is 6.62. The van der Waals surface area contributed by atoms with Gasteiger partial charge in [0.05, 0.1) is 6.54 Å². The maximum Gasteiger partial charge on any atom is 0.401 e. The lowest BCUT2D eigenvalue weighted by molar-refractivity contribution is -0.143. The summed E-state index contributed by atoms with van der Waals surface area (Å²) in [5.74, 6) is 0.347. The largest absolute Gasteiger partial charge is 0.401 e. The molecule has 1 saturated heterocycles. The van der Waals surface area contributed by atoms with Gasteiger partial charge in [0.25, 0.3) is 0 Å². The molecule has 1 aromatic rings. The Bertz CT molecular complexity index is 501. The fraction of sp³-hybridized carbons (Fsp3) is 0.647. The fourth-order valence-corrected chi connectivity index (χ4v) is 3.68. The Morgan fingerprint density at radius 1 is 1.14 bits per heavy atom. The summed E-state index contributed by atoms with van der Waals surface area (Å²) in [6.45, 7) is 1.21. The summed E-state index contributed by atoms with van der Waals surface area (Å²) in [5.41, 5.74) is 2.86. The Kier molecular flexibility index (Phi) is 4.73. The van der Waals surface area contributed by atoms with Crippen molar-refractivity contribution < 1.29 is 13.2 Å². The molecule has 2 unspecified atom stereocenters. The summed E-state index contributed by atoms with van der Waals surface area (Å²) in [7, 11) is 0. The molecular weight excluding hydrogens is 289 g/mol. The molecule has 0 saturated carbocycles. The third kappa shape index (κ3) is 4.23. The normalized spacial score (nSPS) is 26.1. The lowest BCUT2D eigenvalue weighted by Gasteiger charge is -2.27.